The lowest BCUT2D eigenvalue weighted by molar-refractivity contribution is 0.673. The second kappa shape index (κ2) is 12.0. The average molecular weight is 732 g/mol. The molecular formula is C53H33NOS. The summed E-state index contributed by atoms with van der Waals surface area (Å²) in [4.78, 5) is 2.43. The minimum absolute atomic E-state index is 0.488. The molecule has 0 saturated heterocycles. The van der Waals surface area contributed by atoms with Gasteiger partial charge in [0.1, 0.15) is 11.2 Å². The van der Waals surface area contributed by atoms with E-state index >= 15 is 0 Å². The highest BCUT2D eigenvalue weighted by atomic mass is 32.1. The van der Waals surface area contributed by atoms with E-state index in [0.717, 1.165) is 39.0 Å². The number of furan rings is 1. The smallest absolute Gasteiger partial charge is 0.144 e. The lowest BCUT2D eigenvalue weighted by Crippen LogP contribution is -2.28. The molecule has 1 aliphatic carbocycles. The van der Waals surface area contributed by atoms with Crippen molar-refractivity contribution in [2.24, 2.45) is 0 Å². The maximum atomic E-state index is 6.59. The van der Waals surface area contributed by atoms with Gasteiger partial charge in [0.15, 0.2) is 0 Å². The van der Waals surface area contributed by atoms with Crippen LogP contribution in [-0.4, -0.2) is 0 Å². The van der Waals surface area contributed by atoms with Gasteiger partial charge in [0.25, 0.3) is 0 Å². The molecule has 9 aromatic carbocycles. The molecule has 0 radical (unpaired) electrons. The Labute approximate surface area is 328 Å². The highest BCUT2D eigenvalue weighted by molar-refractivity contribution is 7.27. The number of anilines is 3. The highest BCUT2D eigenvalue weighted by Gasteiger charge is 2.46. The molecule has 3 heteroatoms. The fraction of sp³-hybridized carbons (Fsp3) is 0.0189. The van der Waals surface area contributed by atoms with Gasteiger partial charge in [0, 0.05) is 53.4 Å². The van der Waals surface area contributed by atoms with Gasteiger partial charge in [0.2, 0.25) is 0 Å². The molecule has 0 atom stereocenters. The summed E-state index contributed by atoms with van der Waals surface area (Å²) < 4.78 is 9.12. The fourth-order valence-corrected chi connectivity index (χ4v) is 10.9. The Balaban J connectivity index is 1.14. The van der Waals surface area contributed by atoms with Crippen LogP contribution in [-0.2, 0) is 5.41 Å². The van der Waals surface area contributed by atoms with Crippen LogP contribution in [0.4, 0.5) is 17.1 Å². The zero-order valence-electron chi connectivity index (χ0n) is 30.3. The van der Waals surface area contributed by atoms with E-state index in [1.807, 2.05) is 11.3 Å². The van der Waals surface area contributed by atoms with Crippen molar-refractivity contribution in [3.05, 3.63) is 222 Å². The van der Waals surface area contributed by atoms with Gasteiger partial charge >= 0.3 is 0 Å². The van der Waals surface area contributed by atoms with Crippen LogP contribution in [0.15, 0.2) is 205 Å². The number of benzene rings is 9. The van der Waals surface area contributed by atoms with Crippen molar-refractivity contribution in [2.45, 2.75) is 5.41 Å². The molecule has 2 heterocycles. The van der Waals surface area contributed by atoms with Crippen LogP contribution in [0.1, 0.15) is 22.3 Å². The SMILES string of the molecule is c1ccc(N(c2ccc3c(c2)C(c2ccccc2)(c2ccccc2)c2ccccc2-3)c2ccc3sc4c(c3c2)c2ccccc2c2oc3ccccc3c24)cc1. The van der Waals surface area contributed by atoms with Gasteiger partial charge in [-0.15, -0.1) is 11.3 Å². The number of fused-ring (bicyclic) bond motifs is 13. The van der Waals surface area contributed by atoms with E-state index in [0.29, 0.717) is 0 Å². The minimum atomic E-state index is -0.488. The molecule has 0 saturated carbocycles. The number of thiophene rings is 1. The fourth-order valence-electron chi connectivity index (χ4n) is 9.62. The van der Waals surface area contributed by atoms with Crippen LogP contribution in [0.25, 0.3) is 64.0 Å². The van der Waals surface area contributed by atoms with Gasteiger partial charge in [-0.05, 0) is 87.3 Å². The van der Waals surface area contributed by atoms with E-state index in [1.165, 1.54) is 64.3 Å². The van der Waals surface area contributed by atoms with Crippen molar-refractivity contribution in [2.75, 3.05) is 4.90 Å². The Morgan fingerprint density at radius 3 is 1.77 bits per heavy atom. The van der Waals surface area contributed by atoms with E-state index in [4.69, 9.17) is 4.42 Å². The Kier molecular flexibility index (Phi) is 6.75. The van der Waals surface area contributed by atoms with Gasteiger partial charge < -0.3 is 9.32 Å². The summed E-state index contributed by atoms with van der Waals surface area (Å²) in [6.07, 6.45) is 0. The third-order valence-electron chi connectivity index (χ3n) is 11.9. The summed E-state index contributed by atoms with van der Waals surface area (Å²) >= 11 is 1.86. The summed E-state index contributed by atoms with van der Waals surface area (Å²) in [6, 6.07) is 73.2. The van der Waals surface area contributed by atoms with Crippen molar-refractivity contribution < 1.29 is 4.42 Å². The van der Waals surface area contributed by atoms with E-state index in [2.05, 4.69) is 205 Å². The zero-order chi connectivity index (χ0) is 36.8. The van der Waals surface area contributed by atoms with Crippen molar-refractivity contribution >= 4 is 81.3 Å². The van der Waals surface area contributed by atoms with Crippen molar-refractivity contribution in [3.63, 3.8) is 0 Å². The molecule has 1 aliphatic rings. The first-order valence-electron chi connectivity index (χ1n) is 19.2. The maximum absolute atomic E-state index is 6.59. The first-order valence-corrected chi connectivity index (χ1v) is 20.0. The summed E-state index contributed by atoms with van der Waals surface area (Å²) in [5.74, 6) is 0. The third-order valence-corrected chi connectivity index (χ3v) is 13.1. The number of rotatable bonds is 5. The second-order valence-electron chi connectivity index (χ2n) is 14.8. The standard InChI is InChI=1S/C53H33NOS/c1-4-16-34(17-5-1)53(35-18-6-2-7-19-35)45-26-14-12-22-39(45)40-30-28-38(33-46(40)53)54(36-20-8-3-9-21-36)37-29-31-48-44(32-37)49-41-23-10-11-24-42(41)51-50(52(49)56-48)43-25-13-15-27-47(43)55-51/h1-33H. The van der Waals surface area contributed by atoms with Crippen LogP contribution in [0.3, 0.4) is 0 Å². The van der Waals surface area contributed by atoms with Crippen LogP contribution in [0, 0.1) is 0 Å². The molecule has 262 valence electrons. The first-order chi connectivity index (χ1) is 27.8. The molecule has 0 spiro atoms. The van der Waals surface area contributed by atoms with Crippen LogP contribution in [0.2, 0.25) is 0 Å². The van der Waals surface area contributed by atoms with Gasteiger partial charge in [-0.25, -0.2) is 0 Å². The summed E-state index contributed by atoms with van der Waals surface area (Å²) in [5, 5.41) is 7.26. The molecule has 0 fully saturated rings. The Hall–Kier alpha value is -6.94. The van der Waals surface area contributed by atoms with Gasteiger partial charge in [0.05, 0.1) is 5.41 Å². The molecular weight excluding hydrogens is 699 g/mol. The molecule has 0 amide bonds. The highest BCUT2D eigenvalue weighted by Crippen LogP contribution is 2.57. The number of nitrogens with zero attached hydrogens (tertiary/aromatic N) is 1. The first kappa shape index (κ1) is 31.4. The third kappa shape index (κ3) is 4.32. The molecule has 12 rings (SSSR count). The Morgan fingerprint density at radius 2 is 1.00 bits per heavy atom. The molecule has 2 nitrogen and oxygen atoms in total. The zero-order valence-corrected chi connectivity index (χ0v) is 31.1. The quantitative estimate of drug-likeness (QED) is 0.175. The topological polar surface area (TPSA) is 16.4 Å². The van der Waals surface area contributed by atoms with Crippen LogP contribution >= 0.6 is 11.3 Å². The largest absolute Gasteiger partial charge is 0.455 e. The molecule has 56 heavy (non-hydrogen) atoms. The van der Waals surface area contributed by atoms with Crippen molar-refractivity contribution in [1.82, 2.24) is 0 Å². The monoisotopic (exact) mass is 731 g/mol. The van der Waals surface area contributed by atoms with E-state index in [9.17, 15) is 0 Å². The molecule has 2 aromatic heterocycles. The van der Waals surface area contributed by atoms with Crippen LogP contribution in [0.5, 0.6) is 0 Å². The number of hydrogen-bond acceptors (Lipinski definition) is 3. The maximum Gasteiger partial charge on any atom is 0.144 e. The van der Waals surface area contributed by atoms with Gasteiger partial charge in [-0.2, -0.15) is 0 Å². The lowest BCUT2D eigenvalue weighted by atomic mass is 9.67. The minimum Gasteiger partial charge on any atom is -0.455 e. The van der Waals surface area contributed by atoms with Gasteiger partial charge in [-0.1, -0.05) is 152 Å². The normalized spacial score (nSPS) is 13.1. The molecule has 11 aromatic rings. The summed E-state index contributed by atoms with van der Waals surface area (Å²) in [7, 11) is 0. The van der Waals surface area contributed by atoms with E-state index in [-0.39, 0.29) is 0 Å². The lowest BCUT2D eigenvalue weighted by Gasteiger charge is -2.35. The molecule has 0 bridgehead atoms. The number of para-hydroxylation sites is 2. The predicted molar refractivity (Wildman–Crippen MR) is 236 cm³/mol. The van der Waals surface area contributed by atoms with E-state index in [1.54, 1.807) is 0 Å². The van der Waals surface area contributed by atoms with Crippen molar-refractivity contribution in [3.8, 4) is 11.1 Å². The Morgan fingerprint density at radius 1 is 0.411 bits per heavy atom. The summed E-state index contributed by atoms with van der Waals surface area (Å²) in [6.45, 7) is 0. The average Bonchev–Trinajstić information content (AvgIpc) is 3.94. The van der Waals surface area contributed by atoms with Gasteiger partial charge in [-0.3, -0.25) is 0 Å². The van der Waals surface area contributed by atoms with Crippen molar-refractivity contribution in [1.29, 1.82) is 0 Å². The Bertz CT molecular complexity index is 3270. The predicted octanol–water partition coefficient (Wildman–Crippen LogP) is 14.9. The summed E-state index contributed by atoms with van der Waals surface area (Å²) in [5.41, 5.74) is 12.4. The molecule has 0 unspecified atom stereocenters. The molecule has 0 aliphatic heterocycles. The second-order valence-corrected chi connectivity index (χ2v) is 15.8. The molecule has 0 N–H and O–H groups in total. The van der Waals surface area contributed by atoms with E-state index < -0.39 is 5.41 Å². The number of hydrogen-bond donors (Lipinski definition) is 0. The van der Waals surface area contributed by atoms with Crippen LogP contribution < -0.4 is 4.90 Å².